The molecule has 4 N–H and O–H groups in total. The van der Waals surface area contributed by atoms with Gasteiger partial charge in [-0.15, -0.1) is 0 Å². The second-order valence-corrected chi connectivity index (χ2v) is 3.72. The Morgan fingerprint density at radius 1 is 1.56 bits per heavy atom. The lowest BCUT2D eigenvalue weighted by atomic mass is 10.1. The molecule has 0 saturated heterocycles. The van der Waals surface area contributed by atoms with Crippen molar-refractivity contribution >= 4 is 24.2 Å². The highest BCUT2D eigenvalue weighted by Gasteiger charge is 2.09. The lowest BCUT2D eigenvalue weighted by molar-refractivity contribution is -0.137. The Morgan fingerprint density at radius 2 is 2.33 bits per heavy atom. The highest BCUT2D eigenvalue weighted by Crippen LogP contribution is 2.12. The SMILES string of the molecule is NN=Cc1cccc(NC(C=O)CCC(=O)O)c1. The van der Waals surface area contributed by atoms with Crippen LogP contribution in [-0.4, -0.2) is 29.6 Å². The predicted molar refractivity (Wildman–Crippen MR) is 68.6 cm³/mol. The van der Waals surface area contributed by atoms with Gasteiger partial charge in [0.1, 0.15) is 6.29 Å². The number of hydrogen-bond donors (Lipinski definition) is 3. The molecule has 6 nitrogen and oxygen atoms in total. The monoisotopic (exact) mass is 249 g/mol. The molecule has 0 fully saturated rings. The normalized spacial score (nSPS) is 12.2. The Kier molecular flexibility index (Phi) is 5.37. The van der Waals surface area contributed by atoms with Gasteiger partial charge in [-0.25, -0.2) is 0 Å². The Balaban J connectivity index is 2.66. The van der Waals surface area contributed by atoms with Crippen LogP contribution in [0.2, 0.25) is 0 Å². The van der Waals surface area contributed by atoms with E-state index in [2.05, 4.69) is 10.4 Å². The Labute approximate surface area is 104 Å². The number of hydrogen-bond acceptors (Lipinski definition) is 5. The number of carbonyl (C=O) groups excluding carboxylic acids is 1. The molecule has 1 rings (SSSR count). The standard InChI is InChI=1S/C12H15N3O3/c13-14-7-9-2-1-3-10(6-9)15-11(8-16)4-5-12(17)18/h1-3,6-8,11,15H,4-5,13H2,(H,17,18). The van der Waals surface area contributed by atoms with Gasteiger partial charge in [0.15, 0.2) is 0 Å². The first kappa shape index (κ1) is 13.7. The summed E-state index contributed by atoms with van der Waals surface area (Å²) in [6.07, 6.45) is 2.37. The first-order valence-corrected chi connectivity index (χ1v) is 5.42. The summed E-state index contributed by atoms with van der Waals surface area (Å²) in [7, 11) is 0. The second kappa shape index (κ2) is 7.05. The van der Waals surface area contributed by atoms with E-state index in [0.717, 1.165) is 11.3 Å². The average Bonchev–Trinajstić information content (AvgIpc) is 2.35. The molecule has 0 aliphatic heterocycles. The van der Waals surface area contributed by atoms with Crippen molar-refractivity contribution < 1.29 is 14.7 Å². The van der Waals surface area contributed by atoms with Crippen molar-refractivity contribution in [2.24, 2.45) is 10.9 Å². The Morgan fingerprint density at radius 3 is 2.94 bits per heavy atom. The number of benzene rings is 1. The molecule has 1 aromatic carbocycles. The zero-order chi connectivity index (χ0) is 13.4. The molecule has 0 spiro atoms. The predicted octanol–water partition coefficient (Wildman–Crippen LogP) is 0.823. The van der Waals surface area contributed by atoms with Gasteiger partial charge in [0.2, 0.25) is 0 Å². The molecule has 0 aliphatic rings. The fourth-order valence-electron chi connectivity index (χ4n) is 1.46. The second-order valence-electron chi connectivity index (χ2n) is 3.72. The topological polar surface area (TPSA) is 105 Å². The van der Waals surface area contributed by atoms with E-state index in [0.29, 0.717) is 6.29 Å². The van der Waals surface area contributed by atoms with E-state index in [9.17, 15) is 9.59 Å². The number of hydrazone groups is 1. The van der Waals surface area contributed by atoms with Crippen LogP contribution in [0.5, 0.6) is 0 Å². The van der Waals surface area contributed by atoms with Crippen molar-refractivity contribution in [3.63, 3.8) is 0 Å². The van der Waals surface area contributed by atoms with Crippen LogP contribution >= 0.6 is 0 Å². The highest BCUT2D eigenvalue weighted by atomic mass is 16.4. The molecule has 96 valence electrons. The maximum absolute atomic E-state index is 10.8. The number of aliphatic carboxylic acids is 1. The van der Waals surface area contributed by atoms with Crippen molar-refractivity contribution in [3.8, 4) is 0 Å². The summed E-state index contributed by atoms with van der Waals surface area (Å²) in [4.78, 5) is 21.3. The summed E-state index contributed by atoms with van der Waals surface area (Å²) >= 11 is 0. The van der Waals surface area contributed by atoms with Crippen molar-refractivity contribution in [1.82, 2.24) is 0 Å². The summed E-state index contributed by atoms with van der Waals surface area (Å²) in [6, 6.07) is 6.64. The van der Waals surface area contributed by atoms with Gasteiger partial charge < -0.3 is 21.1 Å². The van der Waals surface area contributed by atoms with Gasteiger partial charge in [0, 0.05) is 12.1 Å². The van der Waals surface area contributed by atoms with Gasteiger partial charge >= 0.3 is 5.97 Å². The van der Waals surface area contributed by atoms with Crippen molar-refractivity contribution in [2.45, 2.75) is 18.9 Å². The molecular formula is C12H15N3O3. The van der Waals surface area contributed by atoms with Crippen LogP contribution in [0.3, 0.4) is 0 Å². The van der Waals surface area contributed by atoms with Gasteiger partial charge in [0.25, 0.3) is 0 Å². The molecule has 1 atom stereocenters. The molecule has 1 unspecified atom stereocenters. The van der Waals surface area contributed by atoms with E-state index in [4.69, 9.17) is 10.9 Å². The van der Waals surface area contributed by atoms with E-state index in [1.807, 2.05) is 6.07 Å². The molecule has 0 heterocycles. The lowest BCUT2D eigenvalue weighted by Gasteiger charge is -2.13. The number of nitrogens with two attached hydrogens (primary N) is 1. The number of carboxylic acids is 1. The van der Waals surface area contributed by atoms with Crippen LogP contribution in [0.25, 0.3) is 0 Å². The third kappa shape index (κ3) is 4.65. The van der Waals surface area contributed by atoms with E-state index >= 15 is 0 Å². The van der Waals surface area contributed by atoms with Crippen LogP contribution in [0.15, 0.2) is 29.4 Å². The molecule has 0 aliphatic carbocycles. The number of carboxylic acid groups (broad SMARTS) is 1. The molecule has 18 heavy (non-hydrogen) atoms. The fourth-order valence-corrected chi connectivity index (χ4v) is 1.46. The maximum atomic E-state index is 10.8. The van der Waals surface area contributed by atoms with E-state index < -0.39 is 12.0 Å². The van der Waals surface area contributed by atoms with Crippen molar-refractivity contribution in [1.29, 1.82) is 0 Å². The number of aldehydes is 1. The van der Waals surface area contributed by atoms with Crippen molar-refractivity contribution in [2.75, 3.05) is 5.32 Å². The first-order chi connectivity index (χ1) is 8.65. The van der Waals surface area contributed by atoms with Crippen LogP contribution < -0.4 is 11.2 Å². The van der Waals surface area contributed by atoms with Gasteiger partial charge in [0.05, 0.1) is 12.3 Å². The zero-order valence-corrected chi connectivity index (χ0v) is 9.74. The van der Waals surface area contributed by atoms with E-state index in [1.165, 1.54) is 6.21 Å². The van der Waals surface area contributed by atoms with Gasteiger partial charge in [-0.3, -0.25) is 4.79 Å². The molecule has 6 heteroatoms. The minimum atomic E-state index is -0.923. The van der Waals surface area contributed by atoms with Gasteiger partial charge in [-0.05, 0) is 24.1 Å². The molecule has 0 saturated carbocycles. The van der Waals surface area contributed by atoms with Gasteiger partial charge in [-0.2, -0.15) is 5.10 Å². The number of anilines is 1. The van der Waals surface area contributed by atoms with Crippen LogP contribution in [0, 0.1) is 0 Å². The summed E-state index contributed by atoms with van der Waals surface area (Å²) < 4.78 is 0. The lowest BCUT2D eigenvalue weighted by Crippen LogP contribution is -2.22. The summed E-state index contributed by atoms with van der Waals surface area (Å²) in [6.45, 7) is 0. The number of nitrogens with one attached hydrogen (secondary N) is 1. The minimum Gasteiger partial charge on any atom is -0.481 e. The minimum absolute atomic E-state index is 0.0552. The summed E-state index contributed by atoms with van der Waals surface area (Å²) in [5.41, 5.74) is 1.51. The molecule has 0 amide bonds. The zero-order valence-electron chi connectivity index (χ0n) is 9.74. The van der Waals surface area contributed by atoms with Crippen LogP contribution in [0.4, 0.5) is 5.69 Å². The average molecular weight is 249 g/mol. The van der Waals surface area contributed by atoms with Crippen LogP contribution in [-0.2, 0) is 9.59 Å². The first-order valence-electron chi connectivity index (χ1n) is 5.42. The Bertz CT molecular complexity index is 446. The number of carbonyl (C=O) groups is 2. The third-order valence-electron chi connectivity index (χ3n) is 2.30. The third-order valence-corrected chi connectivity index (χ3v) is 2.30. The largest absolute Gasteiger partial charge is 0.481 e. The number of nitrogens with zero attached hydrogens (tertiary/aromatic N) is 1. The van der Waals surface area contributed by atoms with Crippen LogP contribution in [0.1, 0.15) is 18.4 Å². The van der Waals surface area contributed by atoms with Gasteiger partial charge in [-0.1, -0.05) is 12.1 Å². The summed E-state index contributed by atoms with van der Waals surface area (Å²) in [5, 5.41) is 14.9. The number of rotatable bonds is 7. The summed E-state index contributed by atoms with van der Waals surface area (Å²) in [5.74, 6) is 4.12. The highest BCUT2D eigenvalue weighted by molar-refractivity contribution is 5.81. The quantitative estimate of drug-likeness (QED) is 0.287. The smallest absolute Gasteiger partial charge is 0.303 e. The molecule has 0 bridgehead atoms. The molecule has 1 aromatic rings. The van der Waals surface area contributed by atoms with E-state index in [1.54, 1.807) is 18.2 Å². The van der Waals surface area contributed by atoms with Crippen molar-refractivity contribution in [3.05, 3.63) is 29.8 Å². The van der Waals surface area contributed by atoms with E-state index in [-0.39, 0.29) is 12.8 Å². The molecule has 0 radical (unpaired) electrons. The molecular weight excluding hydrogens is 234 g/mol. The molecule has 0 aromatic heterocycles. The fraction of sp³-hybridized carbons (Fsp3) is 0.250. The maximum Gasteiger partial charge on any atom is 0.303 e. The Hall–Kier alpha value is -2.37.